The summed E-state index contributed by atoms with van der Waals surface area (Å²) < 4.78 is 1.75. The van der Waals surface area contributed by atoms with Gasteiger partial charge in [0.2, 0.25) is 5.91 Å². The first kappa shape index (κ1) is 15.1. The lowest BCUT2D eigenvalue weighted by molar-refractivity contribution is -0.121. The van der Waals surface area contributed by atoms with Gasteiger partial charge in [0.1, 0.15) is 0 Å². The Hall–Kier alpha value is -1.79. The summed E-state index contributed by atoms with van der Waals surface area (Å²) in [4.78, 5) is 12.0. The van der Waals surface area contributed by atoms with Gasteiger partial charge in [-0.3, -0.25) is 4.79 Å². The summed E-state index contributed by atoms with van der Waals surface area (Å²) in [6.07, 6.45) is 2.81. The molecule has 1 aromatic heterocycles. The van der Waals surface area contributed by atoms with E-state index < -0.39 is 5.60 Å². The molecule has 1 aliphatic rings. The highest BCUT2D eigenvalue weighted by Gasteiger charge is 2.31. The highest BCUT2D eigenvalue weighted by atomic mass is 32.2. The second-order valence-electron chi connectivity index (χ2n) is 5.57. The van der Waals surface area contributed by atoms with Crippen LogP contribution in [0.5, 0.6) is 0 Å². The molecule has 6 heteroatoms. The second-order valence-corrected chi connectivity index (χ2v) is 6.67. The summed E-state index contributed by atoms with van der Waals surface area (Å²) in [7, 11) is 0. The molecule has 1 aromatic carbocycles. The highest BCUT2D eigenvalue weighted by Crippen LogP contribution is 2.26. The van der Waals surface area contributed by atoms with Crippen LogP contribution in [-0.4, -0.2) is 44.4 Å². The molecule has 5 nitrogen and oxygen atoms in total. The molecule has 0 unspecified atom stereocenters. The third-order valence-electron chi connectivity index (χ3n) is 3.70. The first-order valence-electron chi connectivity index (χ1n) is 7.31. The zero-order valence-corrected chi connectivity index (χ0v) is 13.1. The Morgan fingerprint density at radius 2 is 2.18 bits per heavy atom. The average Bonchev–Trinajstić information content (AvgIpc) is 3.16. The lowest BCUT2D eigenvalue weighted by Gasteiger charge is -2.21. The molecule has 0 aliphatic carbocycles. The summed E-state index contributed by atoms with van der Waals surface area (Å²) in [5, 5.41) is 17.4. The highest BCUT2D eigenvalue weighted by molar-refractivity contribution is 7.99. The van der Waals surface area contributed by atoms with Crippen LogP contribution in [0.2, 0.25) is 0 Å². The molecule has 2 N–H and O–H groups in total. The van der Waals surface area contributed by atoms with E-state index in [2.05, 4.69) is 10.4 Å². The minimum Gasteiger partial charge on any atom is -0.387 e. The Balaban J connectivity index is 1.55. The lowest BCUT2D eigenvalue weighted by atomic mass is 10.0. The monoisotopic (exact) mass is 317 g/mol. The number of benzene rings is 1. The molecule has 2 heterocycles. The van der Waals surface area contributed by atoms with Crippen LogP contribution in [-0.2, 0) is 11.2 Å². The molecule has 0 radical (unpaired) electrons. The van der Waals surface area contributed by atoms with Crippen molar-refractivity contribution in [1.82, 2.24) is 15.1 Å². The third kappa shape index (κ3) is 3.69. The van der Waals surface area contributed by atoms with E-state index in [1.807, 2.05) is 42.6 Å². The number of hydrogen-bond acceptors (Lipinski definition) is 4. The lowest BCUT2D eigenvalue weighted by Crippen LogP contribution is -2.43. The van der Waals surface area contributed by atoms with Gasteiger partial charge in [0, 0.05) is 18.5 Å². The van der Waals surface area contributed by atoms with Crippen LogP contribution in [0.4, 0.5) is 0 Å². The van der Waals surface area contributed by atoms with E-state index in [1.54, 1.807) is 16.4 Å². The minimum atomic E-state index is -0.746. The van der Waals surface area contributed by atoms with Gasteiger partial charge in [0.05, 0.1) is 23.4 Å². The molecule has 3 rings (SSSR count). The predicted octanol–water partition coefficient (Wildman–Crippen LogP) is 1.40. The number of aliphatic hydroxyl groups is 1. The molecule has 0 bridgehead atoms. The Bertz CT molecular complexity index is 636. The number of rotatable bonds is 5. The molecule has 1 saturated heterocycles. The Kier molecular flexibility index (Phi) is 4.49. The van der Waals surface area contributed by atoms with E-state index in [9.17, 15) is 9.90 Å². The number of aromatic nitrogens is 2. The van der Waals surface area contributed by atoms with Crippen LogP contribution in [0.1, 0.15) is 12.1 Å². The van der Waals surface area contributed by atoms with Crippen LogP contribution >= 0.6 is 11.8 Å². The first-order valence-corrected chi connectivity index (χ1v) is 8.47. The van der Waals surface area contributed by atoms with Crippen molar-refractivity contribution < 1.29 is 9.90 Å². The van der Waals surface area contributed by atoms with Crippen LogP contribution in [0, 0.1) is 0 Å². The van der Waals surface area contributed by atoms with Gasteiger partial charge in [-0.2, -0.15) is 16.9 Å². The van der Waals surface area contributed by atoms with Gasteiger partial charge in [0.15, 0.2) is 0 Å². The maximum atomic E-state index is 12.0. The van der Waals surface area contributed by atoms with Crippen LogP contribution < -0.4 is 5.32 Å². The van der Waals surface area contributed by atoms with Crippen LogP contribution in [0.15, 0.2) is 42.6 Å². The van der Waals surface area contributed by atoms with Crippen molar-refractivity contribution in [3.8, 4) is 5.69 Å². The zero-order valence-electron chi connectivity index (χ0n) is 12.2. The van der Waals surface area contributed by atoms with E-state index in [4.69, 9.17) is 0 Å². The molecular weight excluding hydrogens is 298 g/mol. The number of nitrogens with one attached hydrogen (secondary N) is 1. The number of amides is 1. The number of nitrogens with zero attached hydrogens (tertiary/aromatic N) is 2. The van der Waals surface area contributed by atoms with Crippen molar-refractivity contribution in [2.45, 2.75) is 18.4 Å². The van der Waals surface area contributed by atoms with Crippen molar-refractivity contribution in [3.63, 3.8) is 0 Å². The maximum absolute atomic E-state index is 12.0. The molecule has 0 spiro atoms. The fourth-order valence-corrected chi connectivity index (χ4v) is 3.70. The molecule has 0 saturated carbocycles. The first-order chi connectivity index (χ1) is 10.6. The number of carbonyl (C=O) groups is 1. The number of thioether (sulfide) groups is 1. The van der Waals surface area contributed by atoms with Gasteiger partial charge in [-0.05, 0) is 30.4 Å². The van der Waals surface area contributed by atoms with Gasteiger partial charge in [-0.25, -0.2) is 4.68 Å². The molecule has 1 atom stereocenters. The molecule has 1 fully saturated rings. The molecule has 1 amide bonds. The Morgan fingerprint density at radius 1 is 1.36 bits per heavy atom. The van der Waals surface area contributed by atoms with E-state index in [-0.39, 0.29) is 12.3 Å². The molecule has 2 aromatic rings. The minimum absolute atomic E-state index is 0.108. The molecule has 1 aliphatic heterocycles. The van der Waals surface area contributed by atoms with Gasteiger partial charge >= 0.3 is 0 Å². The van der Waals surface area contributed by atoms with Crippen molar-refractivity contribution >= 4 is 17.7 Å². The van der Waals surface area contributed by atoms with Crippen LogP contribution in [0.3, 0.4) is 0 Å². The van der Waals surface area contributed by atoms with E-state index in [0.29, 0.717) is 18.0 Å². The van der Waals surface area contributed by atoms with E-state index in [0.717, 1.165) is 17.9 Å². The largest absolute Gasteiger partial charge is 0.387 e. The fourth-order valence-electron chi connectivity index (χ4n) is 2.41. The maximum Gasteiger partial charge on any atom is 0.226 e. The number of para-hydroxylation sites is 1. The second kappa shape index (κ2) is 6.54. The van der Waals surface area contributed by atoms with Gasteiger partial charge in [-0.15, -0.1) is 0 Å². The predicted molar refractivity (Wildman–Crippen MR) is 87.2 cm³/mol. The normalized spacial score (nSPS) is 21.0. The van der Waals surface area contributed by atoms with Gasteiger partial charge in [0.25, 0.3) is 0 Å². The van der Waals surface area contributed by atoms with Crippen LogP contribution in [0.25, 0.3) is 5.69 Å². The van der Waals surface area contributed by atoms with E-state index in [1.165, 1.54) is 0 Å². The summed E-state index contributed by atoms with van der Waals surface area (Å²) >= 11 is 1.72. The number of carbonyl (C=O) groups excluding carboxylic acids is 1. The van der Waals surface area contributed by atoms with Crippen molar-refractivity contribution in [2.24, 2.45) is 0 Å². The number of hydrogen-bond donors (Lipinski definition) is 2. The standard InChI is InChI=1S/C16H19N3O2S/c20-15(17-11-16(21)7-9-22-12-16)10-13-6-8-19(18-13)14-4-2-1-3-5-14/h1-6,8,21H,7,9-12H2,(H,17,20)/t16-/m0/s1. The summed E-state index contributed by atoms with van der Waals surface area (Å²) in [6.45, 7) is 0.318. The van der Waals surface area contributed by atoms with Crippen molar-refractivity contribution in [3.05, 3.63) is 48.3 Å². The van der Waals surface area contributed by atoms with Crippen molar-refractivity contribution in [2.75, 3.05) is 18.1 Å². The Morgan fingerprint density at radius 3 is 2.91 bits per heavy atom. The molecule has 22 heavy (non-hydrogen) atoms. The van der Waals surface area contributed by atoms with Gasteiger partial charge in [-0.1, -0.05) is 18.2 Å². The fraction of sp³-hybridized carbons (Fsp3) is 0.375. The molecular formula is C16H19N3O2S. The quantitative estimate of drug-likeness (QED) is 0.875. The SMILES string of the molecule is O=C(Cc1ccn(-c2ccccc2)n1)NC[C@@]1(O)CCSC1. The van der Waals surface area contributed by atoms with Crippen molar-refractivity contribution in [1.29, 1.82) is 0 Å². The summed E-state index contributed by atoms with van der Waals surface area (Å²) in [6, 6.07) is 11.6. The third-order valence-corrected chi connectivity index (χ3v) is 4.94. The topological polar surface area (TPSA) is 67.2 Å². The summed E-state index contributed by atoms with van der Waals surface area (Å²) in [5.41, 5.74) is 0.935. The smallest absolute Gasteiger partial charge is 0.226 e. The molecule has 116 valence electrons. The van der Waals surface area contributed by atoms with Gasteiger partial charge < -0.3 is 10.4 Å². The zero-order chi connectivity index (χ0) is 15.4. The summed E-state index contributed by atoms with van der Waals surface area (Å²) in [5.74, 6) is 1.53. The Labute approximate surface area is 133 Å². The van der Waals surface area contributed by atoms with E-state index >= 15 is 0 Å². The average molecular weight is 317 g/mol.